The van der Waals surface area contributed by atoms with Gasteiger partial charge >= 0.3 is 5.57 Å². The van der Waals surface area contributed by atoms with E-state index in [1.54, 1.807) is 6.07 Å². The number of nitrogens with zero attached hydrogens (tertiary/aromatic N) is 1. The van der Waals surface area contributed by atoms with Gasteiger partial charge in [-0.1, -0.05) is 6.92 Å². The minimum atomic E-state index is -3.80. The average Bonchev–Trinajstić information content (AvgIpc) is 3.02. The lowest BCUT2D eigenvalue weighted by atomic mass is 9.91. The van der Waals surface area contributed by atoms with Gasteiger partial charge in [-0.15, -0.1) is 8.78 Å². The van der Waals surface area contributed by atoms with Crippen LogP contribution in [0.4, 0.5) is 20.2 Å². The molecule has 2 atom stereocenters. The molecule has 5 nitrogen and oxygen atoms in total. The zero-order valence-corrected chi connectivity index (χ0v) is 19.7. The van der Waals surface area contributed by atoms with Crippen LogP contribution in [0.3, 0.4) is 0 Å². The SMILES string of the molecule is CCC1c2cc(C(=O)Nc3ccc(OC(F)(F)Cl)cc3)cc(Br)c2N(C(C)C)C1CO. The summed E-state index contributed by atoms with van der Waals surface area (Å²) in [7, 11) is 0. The summed E-state index contributed by atoms with van der Waals surface area (Å²) in [5, 5.41) is 12.8. The molecule has 2 aromatic rings. The predicted octanol–water partition coefficient (Wildman–Crippen LogP) is 5.95. The molecule has 0 saturated carbocycles. The Hall–Kier alpha value is -1.90. The molecule has 0 bridgehead atoms. The van der Waals surface area contributed by atoms with Crippen molar-refractivity contribution < 1.29 is 23.4 Å². The largest absolute Gasteiger partial charge is 0.487 e. The van der Waals surface area contributed by atoms with E-state index in [2.05, 4.69) is 51.7 Å². The summed E-state index contributed by atoms with van der Waals surface area (Å²) in [5.74, 6) is -0.355. The lowest BCUT2D eigenvalue weighted by Crippen LogP contribution is -2.41. The highest BCUT2D eigenvalue weighted by Crippen LogP contribution is 2.48. The number of nitrogens with one attached hydrogen (secondary N) is 1. The van der Waals surface area contributed by atoms with Crippen LogP contribution in [0.15, 0.2) is 40.9 Å². The summed E-state index contributed by atoms with van der Waals surface area (Å²) in [6.45, 7) is 6.24. The van der Waals surface area contributed by atoms with Crippen LogP contribution in [-0.4, -0.2) is 35.3 Å². The molecule has 0 radical (unpaired) electrons. The van der Waals surface area contributed by atoms with Crippen LogP contribution in [0.25, 0.3) is 0 Å². The molecular formula is C22H24BrClF2N2O3. The van der Waals surface area contributed by atoms with Gasteiger partial charge in [0, 0.05) is 39.3 Å². The average molecular weight is 518 g/mol. The van der Waals surface area contributed by atoms with Crippen molar-refractivity contribution in [1.82, 2.24) is 0 Å². The molecule has 31 heavy (non-hydrogen) atoms. The molecule has 1 amide bonds. The maximum atomic E-state index is 12.9. The first-order valence-corrected chi connectivity index (χ1v) is 11.1. The molecule has 2 aromatic carbocycles. The van der Waals surface area contributed by atoms with Crippen LogP contribution >= 0.6 is 27.5 Å². The number of carbonyl (C=O) groups is 1. The van der Waals surface area contributed by atoms with Crippen LogP contribution in [-0.2, 0) is 0 Å². The molecule has 2 unspecified atom stereocenters. The van der Waals surface area contributed by atoms with Crippen molar-refractivity contribution in [2.24, 2.45) is 0 Å². The first-order valence-electron chi connectivity index (χ1n) is 9.95. The van der Waals surface area contributed by atoms with E-state index in [9.17, 15) is 18.7 Å². The molecule has 1 aliphatic rings. The standard InChI is InChI=1S/C22H24BrClF2N2O3/c1-4-16-17-9-13(10-18(23)20(17)28(12(2)3)19(16)11-29)21(30)27-14-5-7-15(8-6-14)31-22(24,25)26/h5-10,12,16,19,29H,4,11H2,1-3H3,(H,27,30). The lowest BCUT2D eigenvalue weighted by Gasteiger charge is -2.32. The van der Waals surface area contributed by atoms with Gasteiger partial charge in [0.05, 0.1) is 18.3 Å². The second-order valence-corrected chi connectivity index (χ2v) is 8.98. The van der Waals surface area contributed by atoms with Crippen molar-refractivity contribution in [1.29, 1.82) is 0 Å². The van der Waals surface area contributed by atoms with E-state index in [-0.39, 0.29) is 36.3 Å². The number of alkyl halides is 3. The van der Waals surface area contributed by atoms with Crippen molar-refractivity contribution in [2.45, 2.75) is 50.8 Å². The van der Waals surface area contributed by atoms with E-state index in [0.717, 1.165) is 22.1 Å². The number of hydrogen-bond donors (Lipinski definition) is 2. The Labute approximate surface area is 193 Å². The first kappa shape index (κ1) is 23.8. The van der Waals surface area contributed by atoms with Crippen molar-refractivity contribution >= 4 is 44.8 Å². The number of ether oxygens (including phenoxy) is 1. The number of anilines is 2. The molecule has 0 spiro atoms. The Balaban J connectivity index is 1.86. The maximum Gasteiger partial charge on any atom is 0.487 e. The fourth-order valence-corrected chi connectivity index (χ4v) is 4.93. The van der Waals surface area contributed by atoms with Crippen molar-refractivity contribution in [2.75, 3.05) is 16.8 Å². The van der Waals surface area contributed by atoms with E-state index in [4.69, 9.17) is 11.6 Å². The zero-order valence-electron chi connectivity index (χ0n) is 17.3. The van der Waals surface area contributed by atoms with Crippen molar-refractivity contribution in [3.63, 3.8) is 0 Å². The highest BCUT2D eigenvalue weighted by molar-refractivity contribution is 9.10. The monoisotopic (exact) mass is 516 g/mol. The molecule has 3 rings (SSSR count). The predicted molar refractivity (Wildman–Crippen MR) is 121 cm³/mol. The fourth-order valence-electron chi connectivity index (χ4n) is 4.16. The van der Waals surface area contributed by atoms with Crippen LogP contribution < -0.4 is 15.0 Å². The molecule has 1 aliphatic heterocycles. The third kappa shape index (κ3) is 5.13. The number of rotatable bonds is 7. The lowest BCUT2D eigenvalue weighted by molar-refractivity contribution is -0.0964. The Kier molecular flexibility index (Phi) is 7.13. The van der Waals surface area contributed by atoms with Gasteiger partial charge in [-0.3, -0.25) is 4.79 Å². The number of benzene rings is 2. The minimum absolute atomic E-state index is 0.0229. The number of aliphatic hydroxyl groups is 1. The highest BCUT2D eigenvalue weighted by Gasteiger charge is 2.40. The van der Waals surface area contributed by atoms with Crippen LogP contribution in [0.1, 0.15) is 49.0 Å². The van der Waals surface area contributed by atoms with Gasteiger partial charge in [0.15, 0.2) is 0 Å². The highest BCUT2D eigenvalue weighted by atomic mass is 79.9. The second kappa shape index (κ2) is 9.30. The Morgan fingerprint density at radius 1 is 1.32 bits per heavy atom. The van der Waals surface area contributed by atoms with Gasteiger partial charge < -0.3 is 20.1 Å². The summed E-state index contributed by atoms with van der Waals surface area (Å²) >= 11 is 8.37. The molecule has 168 valence electrons. The van der Waals surface area contributed by atoms with Gasteiger partial charge in [0.1, 0.15) is 5.75 Å². The zero-order chi connectivity index (χ0) is 22.9. The second-order valence-electron chi connectivity index (χ2n) is 7.69. The number of hydrogen-bond acceptors (Lipinski definition) is 4. The summed E-state index contributed by atoms with van der Waals surface area (Å²) in [6.07, 6.45) is 0.825. The number of halogens is 4. The quantitative estimate of drug-likeness (QED) is 0.446. The normalized spacial score (nSPS) is 18.3. The summed E-state index contributed by atoms with van der Waals surface area (Å²) < 4.78 is 30.5. The van der Waals surface area contributed by atoms with Gasteiger partial charge in [-0.05, 0) is 78.2 Å². The summed E-state index contributed by atoms with van der Waals surface area (Å²) in [5.41, 5.74) is -0.896. The van der Waals surface area contributed by atoms with Gasteiger partial charge in [-0.25, -0.2) is 0 Å². The Bertz CT molecular complexity index is 951. The third-order valence-electron chi connectivity index (χ3n) is 5.36. The number of carbonyl (C=O) groups excluding carboxylic acids is 1. The van der Waals surface area contributed by atoms with E-state index >= 15 is 0 Å². The maximum absolute atomic E-state index is 12.9. The van der Waals surface area contributed by atoms with E-state index < -0.39 is 5.57 Å². The molecular weight excluding hydrogens is 494 g/mol. The smallest absolute Gasteiger partial charge is 0.420 e. The molecule has 0 fully saturated rings. The summed E-state index contributed by atoms with van der Waals surface area (Å²) in [4.78, 5) is 15.1. The minimum Gasteiger partial charge on any atom is -0.420 e. The van der Waals surface area contributed by atoms with E-state index in [1.165, 1.54) is 24.3 Å². The number of amides is 1. The van der Waals surface area contributed by atoms with Crippen LogP contribution in [0, 0.1) is 0 Å². The molecule has 0 aliphatic carbocycles. The topological polar surface area (TPSA) is 61.8 Å². The first-order chi connectivity index (χ1) is 14.6. The Morgan fingerprint density at radius 2 is 1.97 bits per heavy atom. The van der Waals surface area contributed by atoms with Gasteiger partial charge in [0.2, 0.25) is 0 Å². The summed E-state index contributed by atoms with van der Waals surface area (Å²) in [6, 6.07) is 9.24. The number of aliphatic hydroxyl groups excluding tert-OH is 1. The molecule has 0 aromatic heterocycles. The third-order valence-corrected chi connectivity index (χ3v) is 6.05. The van der Waals surface area contributed by atoms with Crippen molar-refractivity contribution in [3.05, 3.63) is 52.0 Å². The number of fused-ring (bicyclic) bond motifs is 1. The van der Waals surface area contributed by atoms with Crippen molar-refractivity contribution in [3.8, 4) is 5.75 Å². The van der Waals surface area contributed by atoms with Crippen LogP contribution in [0.2, 0.25) is 0 Å². The molecule has 9 heteroatoms. The Morgan fingerprint density at radius 3 is 2.48 bits per heavy atom. The van der Waals surface area contributed by atoms with Crippen LogP contribution in [0.5, 0.6) is 5.75 Å². The van der Waals surface area contributed by atoms with Gasteiger partial charge in [0.25, 0.3) is 5.91 Å². The molecule has 1 heterocycles. The molecule has 0 saturated heterocycles. The molecule has 2 N–H and O–H groups in total. The van der Waals surface area contributed by atoms with Gasteiger partial charge in [-0.2, -0.15) is 0 Å². The van der Waals surface area contributed by atoms with E-state index in [0.29, 0.717) is 11.3 Å². The van der Waals surface area contributed by atoms with E-state index in [1.807, 2.05) is 6.07 Å². The fraction of sp³-hybridized carbons (Fsp3) is 0.409.